The second-order valence-corrected chi connectivity index (χ2v) is 4.53. The minimum Gasteiger partial charge on any atom is -0.397 e. The van der Waals surface area contributed by atoms with Crippen molar-refractivity contribution in [2.24, 2.45) is 0 Å². The van der Waals surface area contributed by atoms with Crippen LogP contribution >= 0.6 is 12.4 Å². The number of fused-ring (bicyclic) bond motifs is 1. The summed E-state index contributed by atoms with van der Waals surface area (Å²) in [5, 5.41) is 3.36. The highest BCUT2D eigenvalue weighted by molar-refractivity contribution is 5.86. The van der Waals surface area contributed by atoms with Gasteiger partial charge in [-0.15, -0.1) is 12.4 Å². The predicted octanol–water partition coefficient (Wildman–Crippen LogP) is 2.10. The van der Waals surface area contributed by atoms with Crippen LogP contribution in [0.15, 0.2) is 24.4 Å². The zero-order valence-electron chi connectivity index (χ0n) is 10.1. The number of pyridine rings is 2. The number of nitrogens with two attached hydrogens (primary N) is 1. The number of rotatable bonds is 1. The molecule has 1 aliphatic rings. The highest BCUT2D eigenvalue weighted by Gasteiger charge is 2.17. The molecule has 1 fully saturated rings. The standard InChI is InChI=1S/C13H16N4.ClH/c14-10-8-12(9-3-6-15-7-4-9)17-11-2-1-5-16-13(10)11;/h1-2,5,8-9,15H,3-4,6-7H2,(H2,14,17);1H. The van der Waals surface area contributed by atoms with Crippen molar-refractivity contribution >= 4 is 29.1 Å². The van der Waals surface area contributed by atoms with E-state index in [1.807, 2.05) is 18.2 Å². The first-order valence-corrected chi connectivity index (χ1v) is 6.06. The van der Waals surface area contributed by atoms with Crippen LogP contribution in [-0.4, -0.2) is 23.1 Å². The first kappa shape index (κ1) is 13.1. The molecule has 0 radical (unpaired) electrons. The molecule has 4 nitrogen and oxygen atoms in total. The summed E-state index contributed by atoms with van der Waals surface area (Å²) < 4.78 is 0. The number of halogens is 1. The molecule has 0 atom stereocenters. The Morgan fingerprint density at radius 3 is 2.83 bits per heavy atom. The first-order valence-electron chi connectivity index (χ1n) is 6.06. The Morgan fingerprint density at radius 2 is 2.06 bits per heavy atom. The average molecular weight is 265 g/mol. The van der Waals surface area contributed by atoms with E-state index in [1.165, 1.54) is 0 Å². The quantitative estimate of drug-likeness (QED) is 0.828. The maximum Gasteiger partial charge on any atom is 0.112 e. The van der Waals surface area contributed by atoms with E-state index >= 15 is 0 Å². The Morgan fingerprint density at radius 1 is 1.28 bits per heavy atom. The fourth-order valence-corrected chi connectivity index (χ4v) is 2.44. The summed E-state index contributed by atoms with van der Waals surface area (Å²) in [4.78, 5) is 8.96. The first-order chi connectivity index (χ1) is 8.34. The van der Waals surface area contributed by atoms with Gasteiger partial charge in [-0.05, 0) is 44.1 Å². The minimum atomic E-state index is 0. The molecule has 0 spiro atoms. The second-order valence-electron chi connectivity index (χ2n) is 4.53. The Labute approximate surface area is 112 Å². The predicted molar refractivity (Wildman–Crippen MR) is 76.0 cm³/mol. The van der Waals surface area contributed by atoms with Crippen molar-refractivity contribution in [1.82, 2.24) is 15.3 Å². The lowest BCUT2D eigenvalue weighted by Gasteiger charge is -2.22. The highest BCUT2D eigenvalue weighted by atomic mass is 35.5. The molecule has 5 heteroatoms. The number of anilines is 1. The SMILES string of the molecule is Cl.Nc1cc(C2CCNCC2)nc2cccnc12. The molecule has 1 saturated heterocycles. The van der Waals surface area contributed by atoms with Gasteiger partial charge in [0.1, 0.15) is 5.52 Å². The highest BCUT2D eigenvalue weighted by Crippen LogP contribution is 2.27. The van der Waals surface area contributed by atoms with E-state index in [0.717, 1.165) is 48.3 Å². The Bertz CT molecular complexity index is 538. The maximum absolute atomic E-state index is 6.05. The Kier molecular flexibility index (Phi) is 3.99. The van der Waals surface area contributed by atoms with Crippen molar-refractivity contribution in [2.75, 3.05) is 18.8 Å². The molecule has 0 amide bonds. The molecule has 96 valence electrons. The third kappa shape index (κ3) is 2.40. The number of aromatic nitrogens is 2. The summed E-state index contributed by atoms with van der Waals surface area (Å²) in [5.41, 5.74) is 9.61. The number of piperidine rings is 1. The molecule has 18 heavy (non-hydrogen) atoms. The van der Waals surface area contributed by atoms with Gasteiger partial charge in [-0.1, -0.05) is 0 Å². The van der Waals surface area contributed by atoms with E-state index in [9.17, 15) is 0 Å². The number of hydrogen-bond acceptors (Lipinski definition) is 4. The second kappa shape index (κ2) is 5.50. The smallest absolute Gasteiger partial charge is 0.112 e. The van der Waals surface area contributed by atoms with Crippen LogP contribution in [0.1, 0.15) is 24.5 Å². The van der Waals surface area contributed by atoms with Crippen LogP contribution in [0.2, 0.25) is 0 Å². The molecule has 0 aromatic carbocycles. The summed E-state index contributed by atoms with van der Waals surface area (Å²) in [7, 11) is 0. The number of nitrogens with one attached hydrogen (secondary N) is 1. The average Bonchev–Trinajstić information content (AvgIpc) is 2.40. The number of nitrogens with zero attached hydrogens (tertiary/aromatic N) is 2. The fraction of sp³-hybridized carbons (Fsp3) is 0.385. The van der Waals surface area contributed by atoms with E-state index in [-0.39, 0.29) is 12.4 Å². The van der Waals surface area contributed by atoms with Gasteiger partial charge in [-0.25, -0.2) is 0 Å². The van der Waals surface area contributed by atoms with E-state index in [2.05, 4.69) is 15.3 Å². The lowest BCUT2D eigenvalue weighted by Crippen LogP contribution is -2.27. The Balaban J connectivity index is 0.00000120. The zero-order chi connectivity index (χ0) is 11.7. The van der Waals surface area contributed by atoms with Crippen LogP contribution in [-0.2, 0) is 0 Å². The zero-order valence-corrected chi connectivity index (χ0v) is 10.9. The summed E-state index contributed by atoms with van der Waals surface area (Å²) in [5.74, 6) is 0.531. The lowest BCUT2D eigenvalue weighted by molar-refractivity contribution is 0.454. The van der Waals surface area contributed by atoms with Crippen molar-refractivity contribution in [3.8, 4) is 0 Å². The normalized spacial score (nSPS) is 16.4. The van der Waals surface area contributed by atoms with Crippen molar-refractivity contribution in [1.29, 1.82) is 0 Å². The van der Waals surface area contributed by atoms with Gasteiger partial charge in [0.2, 0.25) is 0 Å². The third-order valence-corrected chi connectivity index (χ3v) is 3.37. The van der Waals surface area contributed by atoms with Gasteiger partial charge < -0.3 is 11.1 Å². The largest absolute Gasteiger partial charge is 0.397 e. The summed E-state index contributed by atoms with van der Waals surface area (Å²) in [6, 6.07) is 5.87. The fourth-order valence-electron chi connectivity index (χ4n) is 2.44. The van der Waals surface area contributed by atoms with Crippen molar-refractivity contribution < 1.29 is 0 Å². The molecule has 0 saturated carbocycles. The van der Waals surface area contributed by atoms with Gasteiger partial charge >= 0.3 is 0 Å². The van der Waals surface area contributed by atoms with E-state index in [1.54, 1.807) is 6.20 Å². The molecule has 3 heterocycles. The maximum atomic E-state index is 6.05. The van der Waals surface area contributed by atoms with Crippen molar-refractivity contribution in [3.05, 3.63) is 30.1 Å². The molecule has 0 unspecified atom stereocenters. The third-order valence-electron chi connectivity index (χ3n) is 3.37. The van der Waals surface area contributed by atoms with Crippen molar-refractivity contribution in [3.63, 3.8) is 0 Å². The van der Waals surface area contributed by atoms with E-state index in [0.29, 0.717) is 5.92 Å². The van der Waals surface area contributed by atoms with Crippen LogP contribution < -0.4 is 11.1 Å². The van der Waals surface area contributed by atoms with Crippen LogP contribution in [0, 0.1) is 0 Å². The van der Waals surface area contributed by atoms with E-state index in [4.69, 9.17) is 5.73 Å². The monoisotopic (exact) mass is 264 g/mol. The van der Waals surface area contributed by atoms with Gasteiger partial charge in [0.15, 0.2) is 0 Å². The molecule has 3 N–H and O–H groups in total. The summed E-state index contributed by atoms with van der Waals surface area (Å²) in [6.07, 6.45) is 4.03. The van der Waals surface area contributed by atoms with Crippen LogP contribution in [0.5, 0.6) is 0 Å². The molecule has 0 bridgehead atoms. The van der Waals surface area contributed by atoms with Gasteiger partial charge in [0, 0.05) is 17.8 Å². The Hall–Kier alpha value is -1.39. The molecule has 2 aromatic rings. The molecule has 0 aliphatic carbocycles. The van der Waals surface area contributed by atoms with Crippen LogP contribution in [0.25, 0.3) is 11.0 Å². The molecule has 3 rings (SSSR count). The van der Waals surface area contributed by atoms with Gasteiger partial charge in [0.25, 0.3) is 0 Å². The van der Waals surface area contributed by atoms with Crippen molar-refractivity contribution in [2.45, 2.75) is 18.8 Å². The van der Waals surface area contributed by atoms with Crippen LogP contribution in [0.3, 0.4) is 0 Å². The topological polar surface area (TPSA) is 63.8 Å². The van der Waals surface area contributed by atoms with Gasteiger partial charge in [0.05, 0.1) is 11.2 Å². The molecular weight excluding hydrogens is 248 g/mol. The minimum absolute atomic E-state index is 0. The van der Waals surface area contributed by atoms with E-state index < -0.39 is 0 Å². The van der Waals surface area contributed by atoms with Gasteiger partial charge in [-0.3, -0.25) is 9.97 Å². The lowest BCUT2D eigenvalue weighted by atomic mass is 9.93. The number of hydrogen-bond donors (Lipinski definition) is 2. The van der Waals surface area contributed by atoms with Gasteiger partial charge in [-0.2, -0.15) is 0 Å². The molecule has 1 aliphatic heterocycles. The molecular formula is C13H17ClN4. The number of nitrogen functional groups attached to an aromatic ring is 1. The van der Waals surface area contributed by atoms with Crippen LogP contribution in [0.4, 0.5) is 5.69 Å². The summed E-state index contributed by atoms with van der Waals surface area (Å²) >= 11 is 0. The summed E-state index contributed by atoms with van der Waals surface area (Å²) in [6.45, 7) is 2.13. The molecule has 2 aromatic heterocycles.